The summed E-state index contributed by atoms with van der Waals surface area (Å²) in [5.74, 6) is -2.71. The molecule has 0 radical (unpaired) electrons. The number of carbonyl (C=O) groups excluding carboxylic acids is 1. The highest BCUT2D eigenvalue weighted by molar-refractivity contribution is 6.01. The van der Waals surface area contributed by atoms with Gasteiger partial charge in [-0.3, -0.25) is 19.4 Å². The van der Waals surface area contributed by atoms with Crippen LogP contribution in [0.4, 0.5) is 23.1 Å². The third kappa shape index (κ3) is 7.16. The van der Waals surface area contributed by atoms with E-state index in [0.29, 0.717) is 35.8 Å². The zero-order chi connectivity index (χ0) is 28.6. The largest absolute Gasteiger partial charge is 0.481 e. The zero-order valence-corrected chi connectivity index (χ0v) is 21.3. The van der Waals surface area contributed by atoms with Gasteiger partial charge in [0.2, 0.25) is 5.95 Å². The van der Waals surface area contributed by atoms with Gasteiger partial charge in [-0.2, -0.15) is 4.98 Å². The molecule has 0 saturated carbocycles. The average Bonchev–Trinajstić information content (AvgIpc) is 2.93. The van der Waals surface area contributed by atoms with Gasteiger partial charge >= 0.3 is 11.9 Å². The lowest BCUT2D eigenvalue weighted by atomic mass is 10.0. The summed E-state index contributed by atoms with van der Waals surface area (Å²) in [7, 11) is 0. The van der Waals surface area contributed by atoms with E-state index in [1.165, 1.54) is 0 Å². The van der Waals surface area contributed by atoms with Crippen LogP contribution in [0.2, 0.25) is 0 Å². The molecule has 40 heavy (non-hydrogen) atoms. The monoisotopic (exact) mass is 547 g/mol. The van der Waals surface area contributed by atoms with Crippen LogP contribution in [0, 0.1) is 0 Å². The molecular formula is C27H29N7O6. The first-order valence-corrected chi connectivity index (χ1v) is 12.5. The van der Waals surface area contributed by atoms with Crippen LogP contribution in [0.5, 0.6) is 0 Å². The van der Waals surface area contributed by atoms with Gasteiger partial charge in [0.05, 0.1) is 6.04 Å². The number of hydrogen-bond acceptors (Lipinski definition) is 9. The molecule has 0 bridgehead atoms. The number of carboxylic acids is 2. The van der Waals surface area contributed by atoms with E-state index in [1.807, 2.05) is 36.4 Å². The Balaban J connectivity index is 1.52. The van der Waals surface area contributed by atoms with Gasteiger partial charge in [-0.25, -0.2) is 4.79 Å². The Labute approximate surface area is 228 Å². The fourth-order valence-corrected chi connectivity index (χ4v) is 4.12. The molecule has 1 amide bonds. The second-order valence-electron chi connectivity index (χ2n) is 9.12. The predicted molar refractivity (Wildman–Crippen MR) is 151 cm³/mol. The summed E-state index contributed by atoms with van der Waals surface area (Å²) in [6.07, 6.45) is 2.92. The lowest BCUT2D eigenvalue weighted by Crippen LogP contribution is -2.41. The van der Waals surface area contributed by atoms with Crippen molar-refractivity contribution in [3.05, 3.63) is 75.6 Å². The topological polar surface area (TPSA) is 212 Å². The van der Waals surface area contributed by atoms with E-state index in [1.54, 1.807) is 24.3 Å². The molecule has 1 unspecified atom stereocenters. The van der Waals surface area contributed by atoms with Gasteiger partial charge in [-0.05, 0) is 35.7 Å². The Bertz CT molecular complexity index is 1490. The Kier molecular flexibility index (Phi) is 8.64. The van der Waals surface area contributed by atoms with Crippen molar-refractivity contribution in [1.82, 2.24) is 15.3 Å². The second kappa shape index (κ2) is 12.5. The van der Waals surface area contributed by atoms with Gasteiger partial charge in [-0.15, -0.1) is 0 Å². The van der Waals surface area contributed by atoms with E-state index in [-0.39, 0.29) is 29.5 Å². The van der Waals surface area contributed by atoms with Crippen LogP contribution in [-0.2, 0) is 9.59 Å². The lowest BCUT2D eigenvalue weighted by molar-refractivity contribution is -0.140. The number of carbonyl (C=O) groups is 3. The van der Waals surface area contributed by atoms with Gasteiger partial charge in [0.25, 0.3) is 11.5 Å². The molecule has 0 fully saturated rings. The van der Waals surface area contributed by atoms with Gasteiger partial charge in [0, 0.05) is 30.8 Å². The number of aliphatic carboxylic acids is 2. The van der Waals surface area contributed by atoms with Crippen LogP contribution in [0.3, 0.4) is 0 Å². The van der Waals surface area contributed by atoms with Crippen molar-refractivity contribution in [2.45, 2.75) is 24.9 Å². The number of rotatable bonds is 11. The highest BCUT2D eigenvalue weighted by atomic mass is 16.4. The molecule has 2 atom stereocenters. The number of nitrogens with one attached hydrogen (secondary N) is 5. The highest BCUT2D eigenvalue weighted by Gasteiger charge is 2.24. The number of nitrogen functional groups attached to an aromatic ring is 1. The summed E-state index contributed by atoms with van der Waals surface area (Å²) in [6.45, 7) is 0.893. The fraction of sp³-hybridized carbons (Fsp3) is 0.222. The van der Waals surface area contributed by atoms with Crippen LogP contribution in [0.25, 0.3) is 12.2 Å². The number of nitrogens with two attached hydrogens (primary N) is 1. The van der Waals surface area contributed by atoms with Crippen molar-refractivity contribution in [1.29, 1.82) is 0 Å². The summed E-state index contributed by atoms with van der Waals surface area (Å²) >= 11 is 0. The van der Waals surface area contributed by atoms with Crippen LogP contribution < -0.4 is 32.6 Å². The number of aromatic nitrogens is 2. The maximum absolute atomic E-state index is 13.1. The molecule has 1 aliphatic heterocycles. The number of amides is 1. The first-order valence-electron chi connectivity index (χ1n) is 12.5. The summed E-state index contributed by atoms with van der Waals surface area (Å²) in [5, 5.41) is 30.3. The number of nitrogens with zero attached hydrogens (tertiary/aromatic N) is 1. The maximum Gasteiger partial charge on any atom is 0.326 e. The molecule has 2 heterocycles. The Morgan fingerprint density at radius 2 is 1.90 bits per heavy atom. The van der Waals surface area contributed by atoms with Crippen LogP contribution in [-0.4, -0.2) is 63.2 Å². The van der Waals surface area contributed by atoms with Crippen molar-refractivity contribution in [3.63, 3.8) is 0 Å². The average molecular weight is 548 g/mol. The SMILES string of the molecule is Nc1nc2c(c(=O)[nH]1)NC(CNc1ccc(C(=O)N[C@@H](CCC(=O)O)C(=O)O)c(C=Cc3ccccc3)c1)CN2. The van der Waals surface area contributed by atoms with Crippen LogP contribution in [0.15, 0.2) is 53.3 Å². The van der Waals surface area contributed by atoms with Crippen molar-refractivity contribution >= 4 is 53.1 Å². The molecule has 1 aromatic heterocycles. The third-order valence-electron chi connectivity index (χ3n) is 6.16. The van der Waals surface area contributed by atoms with Crippen molar-refractivity contribution in [2.24, 2.45) is 0 Å². The molecule has 3 aromatic rings. The molecular weight excluding hydrogens is 518 g/mol. The van der Waals surface area contributed by atoms with E-state index in [9.17, 15) is 24.3 Å². The Morgan fingerprint density at radius 1 is 1.12 bits per heavy atom. The Hall–Kier alpha value is -5.33. The lowest BCUT2D eigenvalue weighted by Gasteiger charge is -2.27. The smallest absolute Gasteiger partial charge is 0.326 e. The molecule has 1 aliphatic rings. The molecule has 9 N–H and O–H groups in total. The van der Waals surface area contributed by atoms with E-state index in [2.05, 4.69) is 31.2 Å². The minimum atomic E-state index is -1.35. The number of benzene rings is 2. The first kappa shape index (κ1) is 27.7. The highest BCUT2D eigenvalue weighted by Crippen LogP contribution is 2.22. The Morgan fingerprint density at radius 3 is 2.62 bits per heavy atom. The molecule has 2 aromatic carbocycles. The number of H-pyrrole nitrogens is 1. The quantitative estimate of drug-likeness (QED) is 0.162. The summed E-state index contributed by atoms with van der Waals surface area (Å²) in [4.78, 5) is 54.3. The summed E-state index contributed by atoms with van der Waals surface area (Å²) in [5.41, 5.74) is 7.83. The number of hydrogen-bond donors (Lipinski definition) is 8. The molecule has 13 heteroatoms. The fourth-order valence-electron chi connectivity index (χ4n) is 4.12. The molecule has 0 aliphatic carbocycles. The van der Waals surface area contributed by atoms with Gasteiger partial charge in [-0.1, -0.05) is 42.5 Å². The molecule has 13 nitrogen and oxygen atoms in total. The van der Waals surface area contributed by atoms with E-state index < -0.39 is 30.3 Å². The molecule has 208 valence electrons. The van der Waals surface area contributed by atoms with Gasteiger partial charge in [0.15, 0.2) is 5.82 Å². The minimum Gasteiger partial charge on any atom is -0.481 e. The number of aromatic amines is 1. The second-order valence-corrected chi connectivity index (χ2v) is 9.12. The minimum absolute atomic E-state index is 0.0198. The molecule has 0 saturated heterocycles. The molecule has 4 rings (SSSR count). The predicted octanol–water partition coefficient (Wildman–Crippen LogP) is 1.89. The van der Waals surface area contributed by atoms with Gasteiger partial charge < -0.3 is 37.2 Å². The molecule has 0 spiro atoms. The normalized spacial score (nSPS) is 14.8. The maximum atomic E-state index is 13.1. The standard InChI is InChI=1S/C27H29N7O6/c28-27-33-23-22(25(38)34-27)31-18(14-30-23)13-29-17-8-9-19(16(12-17)7-6-15-4-2-1-3-5-15)24(37)32-20(26(39)40)10-11-21(35)36/h1-9,12,18,20,29,31H,10-11,13-14H2,(H,32,37)(H,35,36)(H,39,40)(H4,28,30,33,34,38)/t18?,20-/m0/s1. The van der Waals surface area contributed by atoms with Crippen molar-refractivity contribution < 1.29 is 24.6 Å². The van der Waals surface area contributed by atoms with Crippen LogP contribution >= 0.6 is 0 Å². The first-order chi connectivity index (χ1) is 19.2. The van der Waals surface area contributed by atoms with E-state index in [0.717, 1.165) is 5.56 Å². The third-order valence-corrected chi connectivity index (χ3v) is 6.16. The number of carboxylic acid groups (broad SMARTS) is 2. The van der Waals surface area contributed by atoms with Crippen molar-refractivity contribution in [2.75, 3.05) is 34.8 Å². The van der Waals surface area contributed by atoms with Crippen LogP contribution in [0.1, 0.15) is 34.3 Å². The number of fused-ring (bicyclic) bond motifs is 1. The van der Waals surface area contributed by atoms with Gasteiger partial charge in [0.1, 0.15) is 11.7 Å². The van der Waals surface area contributed by atoms with E-state index in [4.69, 9.17) is 10.8 Å². The van der Waals surface area contributed by atoms with E-state index >= 15 is 0 Å². The summed E-state index contributed by atoms with van der Waals surface area (Å²) < 4.78 is 0. The number of anilines is 4. The van der Waals surface area contributed by atoms with Crippen molar-refractivity contribution in [3.8, 4) is 0 Å². The zero-order valence-electron chi connectivity index (χ0n) is 21.3. The summed E-state index contributed by atoms with van der Waals surface area (Å²) in [6, 6.07) is 12.9.